The summed E-state index contributed by atoms with van der Waals surface area (Å²) < 4.78 is 6.46. The van der Waals surface area contributed by atoms with Crippen LogP contribution in [0.4, 0.5) is 0 Å². The molecule has 2 aromatic carbocycles. The first-order valence-electron chi connectivity index (χ1n) is 8.15. The van der Waals surface area contributed by atoms with Crippen LogP contribution in [0, 0.1) is 0 Å². The fourth-order valence-corrected chi connectivity index (χ4v) is 3.19. The summed E-state index contributed by atoms with van der Waals surface area (Å²) in [6.07, 6.45) is 0. The van der Waals surface area contributed by atoms with E-state index in [-0.39, 0.29) is 25.0 Å². The monoisotopic (exact) mass is 472 g/mol. The quantitative estimate of drug-likeness (QED) is 0.652. The van der Waals surface area contributed by atoms with Gasteiger partial charge in [0.25, 0.3) is 5.91 Å². The Labute approximate surface area is 176 Å². The fraction of sp³-hybridized carbons (Fsp3) is 0.263. The van der Waals surface area contributed by atoms with Crippen LogP contribution in [-0.2, 0) is 16.1 Å². The summed E-state index contributed by atoms with van der Waals surface area (Å²) >= 11 is 15.8. The number of carbonyl (C=O) groups excluding carboxylic acids is 2. The maximum atomic E-state index is 12.8. The molecule has 8 heteroatoms. The minimum atomic E-state index is -0.719. The molecule has 2 rings (SSSR count). The van der Waals surface area contributed by atoms with Crippen molar-refractivity contribution < 1.29 is 14.3 Å². The molecule has 0 aromatic heterocycles. The van der Waals surface area contributed by atoms with Crippen molar-refractivity contribution in [1.82, 2.24) is 10.2 Å². The Kier molecular flexibility index (Phi) is 7.95. The highest BCUT2D eigenvalue weighted by molar-refractivity contribution is 9.10. The number of hydrogen-bond acceptors (Lipinski definition) is 3. The molecule has 1 N–H and O–H groups in total. The molecule has 0 heterocycles. The van der Waals surface area contributed by atoms with Gasteiger partial charge in [-0.25, -0.2) is 0 Å². The Morgan fingerprint density at radius 3 is 2.30 bits per heavy atom. The summed E-state index contributed by atoms with van der Waals surface area (Å²) in [6.45, 7) is 1.52. The molecule has 0 saturated heterocycles. The zero-order valence-electron chi connectivity index (χ0n) is 14.8. The van der Waals surface area contributed by atoms with E-state index < -0.39 is 6.04 Å². The van der Waals surface area contributed by atoms with Crippen molar-refractivity contribution in [2.75, 3.05) is 13.7 Å². The van der Waals surface area contributed by atoms with Gasteiger partial charge in [0.2, 0.25) is 5.91 Å². The number of nitrogens with zero attached hydrogens (tertiary/aromatic N) is 1. The van der Waals surface area contributed by atoms with Gasteiger partial charge >= 0.3 is 0 Å². The molecule has 2 aromatic rings. The summed E-state index contributed by atoms with van der Waals surface area (Å²) in [7, 11) is 1.52. The summed E-state index contributed by atoms with van der Waals surface area (Å²) in [5.41, 5.74) is 0.577. The normalized spacial score (nSPS) is 11.6. The molecule has 2 amide bonds. The molecular weight excluding hydrogens is 455 g/mol. The molecule has 5 nitrogen and oxygen atoms in total. The van der Waals surface area contributed by atoms with Crippen molar-refractivity contribution in [1.29, 1.82) is 0 Å². The highest BCUT2D eigenvalue weighted by Crippen LogP contribution is 2.26. The van der Waals surface area contributed by atoms with Gasteiger partial charge < -0.3 is 15.0 Å². The SMILES string of the molecule is CNC(=O)[C@H](C)N(Cc1c(Cl)cccc1Cl)C(=O)COc1ccc(Br)cc1. The van der Waals surface area contributed by atoms with Gasteiger partial charge in [0.1, 0.15) is 11.8 Å². The molecule has 0 spiro atoms. The summed E-state index contributed by atoms with van der Waals surface area (Å²) in [6, 6.07) is 11.5. The molecule has 0 bridgehead atoms. The molecular formula is C19H19BrCl2N2O3. The van der Waals surface area contributed by atoms with E-state index in [2.05, 4.69) is 21.2 Å². The molecule has 0 saturated carbocycles. The third kappa shape index (κ3) is 5.86. The van der Waals surface area contributed by atoms with Crippen molar-refractivity contribution in [2.24, 2.45) is 0 Å². The molecule has 0 aliphatic rings. The number of halogens is 3. The predicted octanol–water partition coefficient (Wildman–Crippen LogP) is 4.30. The first-order chi connectivity index (χ1) is 12.8. The molecule has 144 valence electrons. The smallest absolute Gasteiger partial charge is 0.261 e. The molecule has 0 aliphatic heterocycles. The lowest BCUT2D eigenvalue weighted by Crippen LogP contribution is -2.48. The van der Waals surface area contributed by atoms with Crippen LogP contribution in [0.25, 0.3) is 0 Å². The first-order valence-corrected chi connectivity index (χ1v) is 9.70. The second-order valence-electron chi connectivity index (χ2n) is 5.75. The average Bonchev–Trinajstić information content (AvgIpc) is 2.66. The summed E-state index contributed by atoms with van der Waals surface area (Å²) in [5.74, 6) is -0.102. The Balaban J connectivity index is 2.19. The van der Waals surface area contributed by atoms with Crippen LogP contribution in [-0.4, -0.2) is 36.4 Å². The average molecular weight is 474 g/mol. The van der Waals surface area contributed by atoms with Gasteiger partial charge in [0.05, 0.1) is 0 Å². The van der Waals surface area contributed by atoms with Crippen molar-refractivity contribution in [3.8, 4) is 5.75 Å². The number of benzene rings is 2. The van der Waals surface area contributed by atoms with Crippen LogP contribution in [0.2, 0.25) is 10.0 Å². The fourth-order valence-electron chi connectivity index (χ4n) is 2.40. The van der Waals surface area contributed by atoms with Crippen LogP contribution in [0.5, 0.6) is 5.75 Å². The second-order valence-corrected chi connectivity index (χ2v) is 7.48. The molecule has 0 aliphatic carbocycles. The number of ether oxygens (including phenoxy) is 1. The van der Waals surface area contributed by atoms with Crippen LogP contribution in [0.1, 0.15) is 12.5 Å². The number of rotatable bonds is 7. The van der Waals surface area contributed by atoms with Gasteiger partial charge in [0, 0.05) is 33.7 Å². The highest BCUT2D eigenvalue weighted by Gasteiger charge is 2.27. The van der Waals surface area contributed by atoms with Crippen LogP contribution in [0.3, 0.4) is 0 Å². The standard InChI is InChI=1S/C19H19BrCl2N2O3/c1-12(19(26)23-2)24(10-15-16(21)4-3-5-17(15)22)18(25)11-27-14-8-6-13(20)7-9-14/h3-9,12H,10-11H2,1-2H3,(H,23,26)/t12-/m0/s1. The Morgan fingerprint density at radius 1 is 1.15 bits per heavy atom. The molecule has 0 unspecified atom stereocenters. The van der Waals surface area contributed by atoms with E-state index in [1.54, 1.807) is 37.3 Å². The highest BCUT2D eigenvalue weighted by atomic mass is 79.9. The minimum Gasteiger partial charge on any atom is -0.484 e. The van der Waals surface area contributed by atoms with E-state index in [4.69, 9.17) is 27.9 Å². The van der Waals surface area contributed by atoms with Gasteiger partial charge in [-0.15, -0.1) is 0 Å². The van der Waals surface area contributed by atoms with E-state index in [0.717, 1.165) is 4.47 Å². The molecule has 1 atom stereocenters. The van der Waals surface area contributed by atoms with Gasteiger partial charge in [-0.1, -0.05) is 45.2 Å². The Hall–Kier alpha value is -1.76. The maximum Gasteiger partial charge on any atom is 0.261 e. The van der Waals surface area contributed by atoms with Crippen LogP contribution < -0.4 is 10.1 Å². The zero-order chi connectivity index (χ0) is 20.0. The molecule has 27 heavy (non-hydrogen) atoms. The number of carbonyl (C=O) groups is 2. The molecule has 0 radical (unpaired) electrons. The third-order valence-electron chi connectivity index (χ3n) is 3.98. The summed E-state index contributed by atoms with van der Waals surface area (Å²) in [4.78, 5) is 26.3. The Bertz CT molecular complexity index is 795. The van der Waals surface area contributed by atoms with Crippen molar-refractivity contribution in [3.63, 3.8) is 0 Å². The summed E-state index contributed by atoms with van der Waals surface area (Å²) in [5, 5.41) is 3.41. The number of hydrogen-bond donors (Lipinski definition) is 1. The largest absolute Gasteiger partial charge is 0.484 e. The van der Waals surface area contributed by atoms with E-state index in [1.165, 1.54) is 11.9 Å². The zero-order valence-corrected chi connectivity index (χ0v) is 17.9. The number of amides is 2. The lowest BCUT2D eigenvalue weighted by atomic mass is 10.1. The van der Waals surface area contributed by atoms with E-state index in [9.17, 15) is 9.59 Å². The van der Waals surface area contributed by atoms with Gasteiger partial charge in [-0.2, -0.15) is 0 Å². The second kappa shape index (κ2) is 9.97. The lowest BCUT2D eigenvalue weighted by molar-refractivity contribution is -0.142. The van der Waals surface area contributed by atoms with Gasteiger partial charge in [-0.3, -0.25) is 9.59 Å². The van der Waals surface area contributed by atoms with Crippen molar-refractivity contribution >= 4 is 50.9 Å². The van der Waals surface area contributed by atoms with Crippen molar-refractivity contribution in [2.45, 2.75) is 19.5 Å². The predicted molar refractivity (Wildman–Crippen MR) is 110 cm³/mol. The number of nitrogens with one attached hydrogen (secondary N) is 1. The van der Waals surface area contributed by atoms with Crippen molar-refractivity contribution in [3.05, 3.63) is 62.5 Å². The van der Waals surface area contributed by atoms with E-state index >= 15 is 0 Å². The topological polar surface area (TPSA) is 58.6 Å². The number of likely N-dealkylation sites (N-methyl/N-ethyl adjacent to an activating group) is 1. The molecule has 0 fully saturated rings. The van der Waals surface area contributed by atoms with Crippen LogP contribution in [0.15, 0.2) is 46.9 Å². The third-order valence-corrected chi connectivity index (χ3v) is 5.22. The lowest BCUT2D eigenvalue weighted by Gasteiger charge is -2.29. The van der Waals surface area contributed by atoms with Gasteiger partial charge in [-0.05, 0) is 43.3 Å². The Morgan fingerprint density at radius 2 is 1.74 bits per heavy atom. The maximum absolute atomic E-state index is 12.8. The first kappa shape index (κ1) is 21.5. The van der Waals surface area contributed by atoms with Gasteiger partial charge in [0.15, 0.2) is 6.61 Å². The van der Waals surface area contributed by atoms with E-state index in [1.807, 2.05) is 12.1 Å². The van der Waals surface area contributed by atoms with Crippen LogP contribution >= 0.6 is 39.1 Å². The van der Waals surface area contributed by atoms with E-state index in [0.29, 0.717) is 21.4 Å². The minimum absolute atomic E-state index is 0.0929.